The fourth-order valence-electron chi connectivity index (χ4n) is 0.857. The van der Waals surface area contributed by atoms with Crippen LogP contribution in [-0.2, 0) is 9.53 Å². The van der Waals surface area contributed by atoms with Gasteiger partial charge in [0.1, 0.15) is 0 Å². The number of halogens is 2. The van der Waals surface area contributed by atoms with Crippen LogP contribution in [0, 0.1) is 23.5 Å². The zero-order chi connectivity index (χ0) is 11.4. The molecule has 0 aliphatic rings. The largest absolute Gasteiger partial charge is 0.459 e. The van der Waals surface area contributed by atoms with E-state index in [-0.39, 0.29) is 11.3 Å². The van der Waals surface area contributed by atoms with Gasteiger partial charge in [-0.25, -0.2) is 13.6 Å². The molecule has 1 rings (SSSR count). The van der Waals surface area contributed by atoms with Gasteiger partial charge in [0, 0.05) is 5.92 Å². The van der Waals surface area contributed by atoms with E-state index in [9.17, 15) is 13.6 Å². The zero-order valence-corrected chi connectivity index (χ0v) is 7.80. The molecule has 0 aliphatic carbocycles. The van der Waals surface area contributed by atoms with Gasteiger partial charge >= 0.3 is 5.97 Å². The van der Waals surface area contributed by atoms with Crippen molar-refractivity contribution in [1.82, 2.24) is 0 Å². The average Bonchev–Trinajstić information content (AvgIpc) is 2.23. The molecule has 0 aliphatic heterocycles. The van der Waals surface area contributed by atoms with E-state index >= 15 is 0 Å². The molecule has 0 bridgehead atoms. The summed E-state index contributed by atoms with van der Waals surface area (Å²) in [6.45, 7) is 0. The van der Waals surface area contributed by atoms with Crippen LogP contribution in [0.3, 0.4) is 0 Å². The van der Waals surface area contributed by atoms with Crippen LogP contribution in [0.2, 0.25) is 0 Å². The van der Waals surface area contributed by atoms with Gasteiger partial charge in [-0.05, 0) is 18.1 Å². The van der Waals surface area contributed by atoms with Gasteiger partial charge in [-0.15, -0.1) is 0 Å². The van der Waals surface area contributed by atoms with Crippen molar-refractivity contribution in [3.8, 4) is 11.8 Å². The van der Waals surface area contributed by atoms with Gasteiger partial charge in [0.05, 0.1) is 18.4 Å². The summed E-state index contributed by atoms with van der Waals surface area (Å²) in [7, 11) is 1.13. The van der Waals surface area contributed by atoms with Crippen molar-refractivity contribution in [3.05, 3.63) is 29.3 Å². The molecule has 0 atom stereocenters. The molecule has 0 spiro atoms. The Balaban J connectivity index is 3.18. The molecule has 5 heteroatoms. The topological polar surface area (TPSA) is 52.3 Å². The minimum absolute atomic E-state index is 0.0368. The molecule has 1 aromatic carbocycles. The molecular weight excluding hydrogens is 204 g/mol. The molecule has 0 unspecified atom stereocenters. The molecule has 0 fully saturated rings. The maximum absolute atomic E-state index is 13.1. The lowest BCUT2D eigenvalue weighted by atomic mass is 10.1. The standard InChI is InChI=1S/C10H7F2NO2/c1-15-9(14)5-2-6-8(13)4-3-7(11)10(6)12/h3-4H,13H2,1H3. The normalized spacial score (nSPS) is 9.00. The maximum atomic E-state index is 13.1. The van der Waals surface area contributed by atoms with Gasteiger partial charge in [-0.2, -0.15) is 0 Å². The average molecular weight is 211 g/mol. The lowest BCUT2D eigenvalue weighted by Gasteiger charge is -1.99. The molecule has 0 aromatic heterocycles. The number of methoxy groups -OCH3 is 1. The van der Waals surface area contributed by atoms with E-state index < -0.39 is 17.6 Å². The number of rotatable bonds is 0. The van der Waals surface area contributed by atoms with Crippen molar-refractivity contribution in [3.63, 3.8) is 0 Å². The molecule has 0 radical (unpaired) electrons. The summed E-state index contributed by atoms with van der Waals surface area (Å²) in [5, 5.41) is 0. The quantitative estimate of drug-likeness (QED) is 0.396. The number of hydrogen-bond donors (Lipinski definition) is 1. The molecule has 0 saturated heterocycles. The fraction of sp³-hybridized carbons (Fsp3) is 0.100. The maximum Gasteiger partial charge on any atom is 0.384 e. The summed E-state index contributed by atoms with van der Waals surface area (Å²) in [6.07, 6.45) is 0. The highest BCUT2D eigenvalue weighted by molar-refractivity contribution is 5.89. The zero-order valence-electron chi connectivity index (χ0n) is 7.80. The van der Waals surface area contributed by atoms with Gasteiger partial charge in [-0.3, -0.25) is 0 Å². The minimum Gasteiger partial charge on any atom is -0.459 e. The molecule has 3 nitrogen and oxygen atoms in total. The van der Waals surface area contributed by atoms with E-state index in [2.05, 4.69) is 10.7 Å². The van der Waals surface area contributed by atoms with Crippen LogP contribution in [-0.4, -0.2) is 13.1 Å². The van der Waals surface area contributed by atoms with Crippen LogP contribution < -0.4 is 5.73 Å². The molecule has 1 aromatic rings. The molecule has 15 heavy (non-hydrogen) atoms. The number of anilines is 1. The summed E-state index contributed by atoms with van der Waals surface area (Å²) in [6, 6.07) is 2.05. The smallest absolute Gasteiger partial charge is 0.384 e. The predicted molar refractivity (Wildman–Crippen MR) is 49.7 cm³/mol. The number of nitrogen functional groups attached to an aromatic ring is 1. The van der Waals surface area contributed by atoms with Crippen LogP contribution in [0.5, 0.6) is 0 Å². The van der Waals surface area contributed by atoms with Gasteiger partial charge in [0.25, 0.3) is 0 Å². The minimum atomic E-state index is -1.17. The first-order valence-electron chi connectivity index (χ1n) is 3.89. The number of carbonyl (C=O) groups excluding carboxylic acids is 1. The molecule has 78 valence electrons. The lowest BCUT2D eigenvalue weighted by Crippen LogP contribution is -1.99. The second kappa shape index (κ2) is 4.42. The van der Waals surface area contributed by atoms with Crippen LogP contribution in [0.15, 0.2) is 12.1 Å². The van der Waals surface area contributed by atoms with E-state index in [1.807, 2.05) is 5.92 Å². The van der Waals surface area contributed by atoms with Crippen molar-refractivity contribution < 1.29 is 18.3 Å². The summed E-state index contributed by atoms with van der Waals surface area (Å²) in [5.74, 6) is 0.973. The Labute approximate surface area is 84.8 Å². The number of esters is 1. The van der Waals surface area contributed by atoms with E-state index in [1.165, 1.54) is 6.07 Å². The highest BCUT2D eigenvalue weighted by atomic mass is 19.2. The van der Waals surface area contributed by atoms with Crippen LogP contribution in [0.1, 0.15) is 5.56 Å². The first kappa shape index (κ1) is 11.0. The van der Waals surface area contributed by atoms with Crippen LogP contribution >= 0.6 is 0 Å². The summed E-state index contributed by atoms with van der Waals surface area (Å²) < 4.78 is 30.1. The van der Waals surface area contributed by atoms with Gasteiger partial charge < -0.3 is 10.5 Å². The Morgan fingerprint density at radius 3 is 2.73 bits per heavy atom. The van der Waals surface area contributed by atoms with E-state index in [0.717, 1.165) is 13.2 Å². The summed E-state index contributed by atoms with van der Waals surface area (Å²) in [5.41, 5.74) is 4.97. The molecule has 2 N–H and O–H groups in total. The van der Waals surface area contributed by atoms with Gasteiger partial charge in [0.15, 0.2) is 11.6 Å². The van der Waals surface area contributed by atoms with Crippen molar-refractivity contribution in [1.29, 1.82) is 0 Å². The first-order valence-corrected chi connectivity index (χ1v) is 3.89. The molecule has 0 amide bonds. The van der Waals surface area contributed by atoms with E-state index in [4.69, 9.17) is 5.73 Å². The number of ether oxygens (including phenoxy) is 1. The fourth-order valence-corrected chi connectivity index (χ4v) is 0.857. The summed E-state index contributed by atoms with van der Waals surface area (Å²) >= 11 is 0. The van der Waals surface area contributed by atoms with E-state index in [1.54, 1.807) is 0 Å². The van der Waals surface area contributed by atoms with Crippen molar-refractivity contribution >= 4 is 11.7 Å². The third-order valence-electron chi connectivity index (χ3n) is 1.60. The van der Waals surface area contributed by atoms with Crippen LogP contribution in [0.25, 0.3) is 0 Å². The Bertz CT molecular complexity index is 460. The number of carbonyl (C=O) groups is 1. The Morgan fingerprint density at radius 1 is 1.47 bits per heavy atom. The highest BCUT2D eigenvalue weighted by Crippen LogP contribution is 2.17. The molecule has 0 saturated carbocycles. The SMILES string of the molecule is COC(=O)C#Cc1c(N)ccc(F)c1F. The third-order valence-corrected chi connectivity index (χ3v) is 1.60. The monoisotopic (exact) mass is 211 g/mol. The van der Waals surface area contributed by atoms with Crippen molar-refractivity contribution in [2.75, 3.05) is 12.8 Å². The van der Waals surface area contributed by atoms with Gasteiger partial charge in [-0.1, -0.05) is 0 Å². The Morgan fingerprint density at radius 2 is 2.13 bits per heavy atom. The number of benzene rings is 1. The van der Waals surface area contributed by atoms with Gasteiger partial charge in [0.2, 0.25) is 0 Å². The van der Waals surface area contributed by atoms with Crippen molar-refractivity contribution in [2.24, 2.45) is 0 Å². The summed E-state index contributed by atoms with van der Waals surface area (Å²) in [4.78, 5) is 10.6. The Kier molecular flexibility index (Phi) is 3.24. The third kappa shape index (κ3) is 2.44. The van der Waals surface area contributed by atoms with Crippen LogP contribution in [0.4, 0.5) is 14.5 Å². The van der Waals surface area contributed by atoms with Crippen molar-refractivity contribution in [2.45, 2.75) is 0 Å². The lowest BCUT2D eigenvalue weighted by molar-refractivity contribution is -0.133. The highest BCUT2D eigenvalue weighted by Gasteiger charge is 2.09. The predicted octanol–water partition coefficient (Wildman–Crippen LogP) is 1.07. The molecular formula is C10H7F2NO2. The second-order valence-electron chi connectivity index (χ2n) is 2.57. The second-order valence-corrected chi connectivity index (χ2v) is 2.57. The number of nitrogens with two attached hydrogens (primary N) is 1. The molecule has 0 heterocycles. The Hall–Kier alpha value is -2.09. The first-order chi connectivity index (χ1) is 7.06. The van der Waals surface area contributed by atoms with E-state index in [0.29, 0.717) is 0 Å². The number of hydrogen-bond acceptors (Lipinski definition) is 3.